The van der Waals surface area contributed by atoms with Crippen molar-refractivity contribution in [3.05, 3.63) is 0 Å². The highest BCUT2D eigenvalue weighted by molar-refractivity contribution is 4.85. The van der Waals surface area contributed by atoms with Crippen LogP contribution >= 0.6 is 0 Å². The van der Waals surface area contributed by atoms with E-state index in [0.29, 0.717) is 0 Å². The van der Waals surface area contributed by atoms with Gasteiger partial charge < -0.3 is 15.1 Å². The summed E-state index contributed by atoms with van der Waals surface area (Å²) >= 11 is 0. The zero-order valence-corrected chi connectivity index (χ0v) is 13.9. The average Bonchev–Trinajstić information content (AvgIpc) is 2.81. The van der Waals surface area contributed by atoms with Crippen molar-refractivity contribution in [2.24, 2.45) is 11.8 Å². The second kappa shape index (κ2) is 7.74. The Hall–Kier alpha value is -0.160. The van der Waals surface area contributed by atoms with Crippen LogP contribution in [0.15, 0.2) is 0 Å². The molecule has 2 aliphatic heterocycles. The molecule has 2 rings (SSSR count). The van der Waals surface area contributed by atoms with E-state index in [2.05, 4.69) is 48.0 Å². The first-order valence-electron chi connectivity index (χ1n) is 8.36. The van der Waals surface area contributed by atoms with Gasteiger partial charge in [0.25, 0.3) is 0 Å². The summed E-state index contributed by atoms with van der Waals surface area (Å²) in [5, 5.41) is 3.62. The molecule has 2 atom stereocenters. The maximum Gasteiger partial charge on any atom is 0.0347 e. The van der Waals surface area contributed by atoms with Gasteiger partial charge in [-0.2, -0.15) is 0 Å². The maximum absolute atomic E-state index is 3.62. The van der Waals surface area contributed by atoms with E-state index in [0.717, 1.165) is 24.4 Å². The maximum atomic E-state index is 3.62. The molecule has 0 bridgehead atoms. The molecule has 118 valence electrons. The van der Waals surface area contributed by atoms with E-state index >= 15 is 0 Å². The fraction of sp³-hybridized carbons (Fsp3) is 1.00. The van der Waals surface area contributed by atoms with Crippen LogP contribution in [-0.2, 0) is 0 Å². The summed E-state index contributed by atoms with van der Waals surface area (Å²) in [6.45, 7) is 14.4. The van der Waals surface area contributed by atoms with E-state index in [1.165, 1.54) is 52.2 Å². The third-order valence-electron chi connectivity index (χ3n) is 4.80. The molecule has 0 spiro atoms. The standard InChI is InChI=1S/C16H34N4/c1-14(2)9-17-10-15-5-6-20(11-15)13-16-12-18(3)7-8-19(16)4/h14-17H,5-13H2,1-4H3. The van der Waals surface area contributed by atoms with E-state index in [1.54, 1.807) is 0 Å². The highest BCUT2D eigenvalue weighted by atomic mass is 15.3. The number of nitrogens with zero attached hydrogens (tertiary/aromatic N) is 3. The Morgan fingerprint density at radius 2 is 1.90 bits per heavy atom. The fourth-order valence-electron chi connectivity index (χ4n) is 3.42. The topological polar surface area (TPSA) is 21.8 Å². The van der Waals surface area contributed by atoms with Crippen LogP contribution < -0.4 is 5.32 Å². The minimum atomic E-state index is 0.719. The molecule has 0 radical (unpaired) electrons. The molecule has 20 heavy (non-hydrogen) atoms. The molecular weight excluding hydrogens is 248 g/mol. The van der Waals surface area contributed by atoms with Gasteiger partial charge in [0.05, 0.1) is 0 Å². The van der Waals surface area contributed by atoms with Crippen molar-refractivity contribution in [2.45, 2.75) is 26.3 Å². The molecule has 0 aromatic heterocycles. The average molecular weight is 282 g/mol. The lowest BCUT2D eigenvalue weighted by atomic mass is 10.1. The quantitative estimate of drug-likeness (QED) is 0.778. The van der Waals surface area contributed by atoms with Gasteiger partial charge in [-0.05, 0) is 52.0 Å². The molecule has 0 amide bonds. The number of nitrogens with one attached hydrogen (secondary N) is 1. The molecule has 0 aromatic rings. The zero-order valence-electron chi connectivity index (χ0n) is 13.9. The third kappa shape index (κ3) is 4.99. The SMILES string of the molecule is CC(C)CNCC1CCN(CC2CN(C)CCN2C)C1. The normalized spacial score (nSPS) is 30.4. The molecule has 2 saturated heterocycles. The van der Waals surface area contributed by atoms with E-state index < -0.39 is 0 Å². The van der Waals surface area contributed by atoms with Crippen LogP contribution in [0.3, 0.4) is 0 Å². The second-order valence-electron chi connectivity index (χ2n) is 7.36. The lowest BCUT2D eigenvalue weighted by Crippen LogP contribution is -2.54. The Morgan fingerprint density at radius 1 is 1.10 bits per heavy atom. The van der Waals surface area contributed by atoms with Crippen molar-refractivity contribution < 1.29 is 0 Å². The number of likely N-dealkylation sites (N-methyl/N-ethyl adjacent to an activating group) is 2. The van der Waals surface area contributed by atoms with Gasteiger partial charge in [0.15, 0.2) is 0 Å². The number of hydrogen-bond acceptors (Lipinski definition) is 4. The van der Waals surface area contributed by atoms with Crippen molar-refractivity contribution in [3.63, 3.8) is 0 Å². The molecule has 0 aromatic carbocycles. The predicted molar refractivity (Wildman–Crippen MR) is 86.2 cm³/mol. The van der Waals surface area contributed by atoms with Crippen LogP contribution in [-0.4, -0.2) is 87.2 Å². The van der Waals surface area contributed by atoms with E-state index in [4.69, 9.17) is 0 Å². The van der Waals surface area contributed by atoms with Crippen LogP contribution in [0.2, 0.25) is 0 Å². The Labute approximate surface area is 125 Å². The summed E-state index contributed by atoms with van der Waals surface area (Å²) in [5.74, 6) is 1.62. The Balaban J connectivity index is 1.67. The van der Waals surface area contributed by atoms with Crippen molar-refractivity contribution in [1.82, 2.24) is 20.0 Å². The molecule has 2 unspecified atom stereocenters. The Bertz CT molecular complexity index is 282. The molecular formula is C16H34N4. The molecule has 4 nitrogen and oxygen atoms in total. The lowest BCUT2D eigenvalue weighted by molar-refractivity contribution is 0.0880. The lowest BCUT2D eigenvalue weighted by Gasteiger charge is -2.39. The fourth-order valence-corrected chi connectivity index (χ4v) is 3.42. The summed E-state index contributed by atoms with van der Waals surface area (Å²) in [7, 11) is 4.54. The minimum absolute atomic E-state index is 0.719. The number of likely N-dealkylation sites (tertiary alicyclic amines) is 1. The van der Waals surface area contributed by atoms with Crippen LogP contribution in [0, 0.1) is 11.8 Å². The molecule has 2 heterocycles. The monoisotopic (exact) mass is 282 g/mol. The number of rotatable bonds is 6. The van der Waals surface area contributed by atoms with Gasteiger partial charge in [0.1, 0.15) is 0 Å². The van der Waals surface area contributed by atoms with E-state index in [9.17, 15) is 0 Å². The summed E-state index contributed by atoms with van der Waals surface area (Å²) in [5.41, 5.74) is 0. The largest absolute Gasteiger partial charge is 0.316 e. The summed E-state index contributed by atoms with van der Waals surface area (Å²) < 4.78 is 0. The van der Waals surface area contributed by atoms with Gasteiger partial charge in [-0.3, -0.25) is 4.90 Å². The molecule has 0 saturated carbocycles. The molecule has 2 aliphatic rings. The Kier molecular flexibility index (Phi) is 6.27. The number of hydrogen-bond donors (Lipinski definition) is 1. The highest BCUT2D eigenvalue weighted by Gasteiger charge is 2.28. The van der Waals surface area contributed by atoms with Gasteiger partial charge >= 0.3 is 0 Å². The van der Waals surface area contributed by atoms with E-state index in [1.807, 2.05) is 0 Å². The summed E-state index contributed by atoms with van der Waals surface area (Å²) in [6.07, 6.45) is 1.37. The van der Waals surface area contributed by atoms with Gasteiger partial charge in [0.2, 0.25) is 0 Å². The van der Waals surface area contributed by atoms with E-state index in [-0.39, 0.29) is 0 Å². The first-order chi connectivity index (χ1) is 9.54. The van der Waals surface area contributed by atoms with Crippen molar-refractivity contribution >= 4 is 0 Å². The summed E-state index contributed by atoms with van der Waals surface area (Å²) in [4.78, 5) is 7.70. The molecule has 0 aliphatic carbocycles. The van der Waals surface area contributed by atoms with Gasteiger partial charge in [-0.25, -0.2) is 0 Å². The smallest absolute Gasteiger partial charge is 0.0347 e. The van der Waals surface area contributed by atoms with Gasteiger partial charge in [-0.1, -0.05) is 13.8 Å². The number of piperazine rings is 1. The highest BCUT2D eigenvalue weighted by Crippen LogP contribution is 2.17. The second-order valence-corrected chi connectivity index (χ2v) is 7.36. The zero-order chi connectivity index (χ0) is 14.5. The van der Waals surface area contributed by atoms with Crippen molar-refractivity contribution in [1.29, 1.82) is 0 Å². The third-order valence-corrected chi connectivity index (χ3v) is 4.80. The molecule has 4 heteroatoms. The molecule has 1 N–H and O–H groups in total. The van der Waals surface area contributed by atoms with Crippen molar-refractivity contribution in [3.8, 4) is 0 Å². The molecule has 2 fully saturated rings. The first kappa shape index (κ1) is 16.2. The van der Waals surface area contributed by atoms with Crippen LogP contribution in [0.25, 0.3) is 0 Å². The van der Waals surface area contributed by atoms with Crippen LogP contribution in [0.5, 0.6) is 0 Å². The Morgan fingerprint density at radius 3 is 2.65 bits per heavy atom. The van der Waals surface area contributed by atoms with Crippen molar-refractivity contribution in [2.75, 3.05) is 66.5 Å². The van der Waals surface area contributed by atoms with Gasteiger partial charge in [0, 0.05) is 38.8 Å². The van der Waals surface area contributed by atoms with Crippen LogP contribution in [0.4, 0.5) is 0 Å². The van der Waals surface area contributed by atoms with Gasteiger partial charge in [-0.15, -0.1) is 0 Å². The first-order valence-corrected chi connectivity index (χ1v) is 8.36. The predicted octanol–water partition coefficient (Wildman–Crippen LogP) is 0.800. The summed E-state index contributed by atoms with van der Waals surface area (Å²) in [6, 6.07) is 0.719. The minimum Gasteiger partial charge on any atom is -0.316 e. The van der Waals surface area contributed by atoms with Crippen LogP contribution in [0.1, 0.15) is 20.3 Å².